The number of carbonyl (C=O) groups excluding carboxylic acids is 2. The van der Waals surface area contributed by atoms with Crippen molar-refractivity contribution in [2.45, 2.75) is 18.9 Å². The fraction of sp³-hybridized carbons (Fsp3) is 0.310. The van der Waals surface area contributed by atoms with Gasteiger partial charge in [0.05, 0.1) is 18.4 Å². The lowest BCUT2D eigenvalue weighted by Crippen LogP contribution is -2.43. The van der Waals surface area contributed by atoms with Gasteiger partial charge in [0.2, 0.25) is 11.8 Å². The highest BCUT2D eigenvalue weighted by Crippen LogP contribution is 2.29. The molecule has 0 bridgehead atoms. The predicted octanol–water partition coefficient (Wildman–Crippen LogP) is 2.65. The molecule has 1 fully saturated rings. The van der Waals surface area contributed by atoms with Gasteiger partial charge >= 0.3 is 0 Å². The number of benzene rings is 1. The van der Waals surface area contributed by atoms with E-state index in [4.69, 9.17) is 14.2 Å². The predicted molar refractivity (Wildman–Crippen MR) is 152 cm³/mol. The Kier molecular flexibility index (Phi) is 8.33. The number of nitrogens with zero attached hydrogens (tertiary/aromatic N) is 6. The third kappa shape index (κ3) is 6.17. The standard InChI is InChI=1S/C29H30N8O5/c1-36(2)27(38)21-5-7-25(34-26(21)40-3)35-29-31-11-8-22(33-29)18-4-6-24(19(14-18)15-30)42-20-9-12-37(13-10-20)28(39)23-16-41-17-32-23/h4-8,11,14,16,20,32H,9-10,12-13,17H2,1-3H3,(H,31,33,34,35). The first-order valence-electron chi connectivity index (χ1n) is 13.3. The summed E-state index contributed by atoms with van der Waals surface area (Å²) < 4.78 is 16.6. The topological polar surface area (TPSA) is 155 Å². The van der Waals surface area contributed by atoms with Crippen molar-refractivity contribution in [2.24, 2.45) is 0 Å². The number of anilines is 2. The molecule has 42 heavy (non-hydrogen) atoms. The van der Waals surface area contributed by atoms with E-state index in [1.807, 2.05) is 6.07 Å². The van der Waals surface area contributed by atoms with Gasteiger partial charge in [-0.3, -0.25) is 9.59 Å². The Morgan fingerprint density at radius 2 is 1.98 bits per heavy atom. The van der Waals surface area contributed by atoms with Crippen LogP contribution in [0.4, 0.5) is 11.8 Å². The molecule has 5 rings (SSSR count). The number of nitriles is 1. The second kappa shape index (κ2) is 12.4. The van der Waals surface area contributed by atoms with Crippen molar-refractivity contribution < 1.29 is 23.8 Å². The monoisotopic (exact) mass is 570 g/mol. The molecule has 1 saturated heterocycles. The van der Waals surface area contributed by atoms with E-state index in [0.29, 0.717) is 72.3 Å². The normalized spacial score (nSPS) is 14.6. The maximum atomic E-state index is 12.5. The first-order chi connectivity index (χ1) is 20.4. The minimum Gasteiger partial charge on any atom is -0.489 e. The second-order valence-electron chi connectivity index (χ2n) is 9.79. The van der Waals surface area contributed by atoms with Gasteiger partial charge in [-0.2, -0.15) is 10.2 Å². The smallest absolute Gasteiger partial charge is 0.273 e. The van der Waals surface area contributed by atoms with Gasteiger partial charge < -0.3 is 34.6 Å². The lowest BCUT2D eigenvalue weighted by Gasteiger charge is -2.32. The van der Waals surface area contributed by atoms with Crippen LogP contribution in [0.5, 0.6) is 11.6 Å². The minimum atomic E-state index is -0.226. The highest BCUT2D eigenvalue weighted by Gasteiger charge is 2.27. The summed E-state index contributed by atoms with van der Waals surface area (Å²) in [7, 11) is 4.75. The van der Waals surface area contributed by atoms with Crippen molar-refractivity contribution in [3.8, 4) is 29.0 Å². The van der Waals surface area contributed by atoms with E-state index in [1.165, 1.54) is 18.3 Å². The van der Waals surface area contributed by atoms with Crippen LogP contribution in [0.1, 0.15) is 28.8 Å². The Hall–Kier alpha value is -5.38. The Balaban J connectivity index is 1.25. The Labute approximate surface area is 242 Å². The van der Waals surface area contributed by atoms with Gasteiger partial charge in [-0.05, 0) is 36.4 Å². The molecule has 216 valence electrons. The maximum absolute atomic E-state index is 12.5. The summed E-state index contributed by atoms with van der Waals surface area (Å²) in [6.07, 6.45) is 4.23. The van der Waals surface area contributed by atoms with Crippen LogP contribution in [0.2, 0.25) is 0 Å². The van der Waals surface area contributed by atoms with Crippen LogP contribution < -0.4 is 20.1 Å². The van der Waals surface area contributed by atoms with E-state index in [1.54, 1.807) is 55.5 Å². The third-order valence-electron chi connectivity index (χ3n) is 6.78. The fourth-order valence-corrected chi connectivity index (χ4v) is 4.58. The van der Waals surface area contributed by atoms with Crippen LogP contribution in [-0.4, -0.2) is 83.7 Å². The summed E-state index contributed by atoms with van der Waals surface area (Å²) in [5.74, 6) is 1.03. The van der Waals surface area contributed by atoms with Crippen LogP contribution in [0, 0.1) is 11.3 Å². The lowest BCUT2D eigenvalue weighted by atomic mass is 10.1. The minimum absolute atomic E-state index is 0.0851. The number of piperidine rings is 1. The molecular formula is C29H30N8O5. The number of ether oxygens (including phenoxy) is 3. The Morgan fingerprint density at radius 3 is 2.67 bits per heavy atom. The molecule has 3 aromatic rings. The zero-order valence-corrected chi connectivity index (χ0v) is 23.5. The first-order valence-corrected chi connectivity index (χ1v) is 13.3. The molecule has 4 heterocycles. The van der Waals surface area contributed by atoms with E-state index in [2.05, 4.69) is 31.7 Å². The van der Waals surface area contributed by atoms with Gasteiger partial charge in [0, 0.05) is 51.8 Å². The molecule has 2 aliphatic rings. The first kappa shape index (κ1) is 28.2. The molecule has 0 unspecified atom stereocenters. The molecule has 0 atom stereocenters. The fourth-order valence-electron chi connectivity index (χ4n) is 4.58. The molecule has 0 radical (unpaired) electrons. The van der Waals surface area contributed by atoms with Gasteiger partial charge in [0.25, 0.3) is 11.8 Å². The molecule has 0 spiro atoms. The number of nitrogens with one attached hydrogen (secondary N) is 2. The quantitative estimate of drug-likeness (QED) is 0.411. The summed E-state index contributed by atoms with van der Waals surface area (Å²) in [6, 6.07) is 12.5. The van der Waals surface area contributed by atoms with Crippen molar-refractivity contribution in [1.29, 1.82) is 5.26 Å². The number of rotatable bonds is 8. The Morgan fingerprint density at radius 1 is 1.17 bits per heavy atom. The largest absolute Gasteiger partial charge is 0.489 e. The van der Waals surface area contributed by atoms with E-state index in [0.717, 1.165) is 0 Å². The van der Waals surface area contributed by atoms with Crippen LogP contribution in [-0.2, 0) is 9.53 Å². The van der Waals surface area contributed by atoms with Crippen molar-refractivity contribution in [3.05, 3.63) is 65.7 Å². The average molecular weight is 571 g/mol. The third-order valence-corrected chi connectivity index (χ3v) is 6.78. The van der Waals surface area contributed by atoms with E-state index < -0.39 is 0 Å². The van der Waals surface area contributed by atoms with Crippen LogP contribution in [0.3, 0.4) is 0 Å². The molecule has 0 aliphatic carbocycles. The van der Waals surface area contributed by atoms with E-state index >= 15 is 0 Å². The highest BCUT2D eigenvalue weighted by atomic mass is 16.5. The molecule has 2 amide bonds. The van der Waals surface area contributed by atoms with Gasteiger partial charge in [-0.15, -0.1) is 0 Å². The number of aromatic nitrogens is 3. The summed E-state index contributed by atoms with van der Waals surface area (Å²) in [5, 5.41) is 15.8. The maximum Gasteiger partial charge on any atom is 0.273 e. The number of methoxy groups -OCH3 is 1. The zero-order valence-electron chi connectivity index (χ0n) is 23.5. The number of amides is 2. The van der Waals surface area contributed by atoms with Gasteiger partial charge in [0.1, 0.15) is 41.3 Å². The molecule has 13 nitrogen and oxygen atoms in total. The van der Waals surface area contributed by atoms with E-state index in [9.17, 15) is 14.9 Å². The molecular weight excluding hydrogens is 540 g/mol. The van der Waals surface area contributed by atoms with Crippen LogP contribution in [0.25, 0.3) is 11.3 Å². The number of hydrogen-bond acceptors (Lipinski definition) is 11. The summed E-state index contributed by atoms with van der Waals surface area (Å²) in [4.78, 5) is 41.3. The molecule has 2 aromatic heterocycles. The molecule has 2 aliphatic heterocycles. The van der Waals surface area contributed by atoms with Crippen molar-refractivity contribution in [2.75, 3.05) is 46.3 Å². The number of pyridine rings is 1. The highest BCUT2D eigenvalue weighted by molar-refractivity contribution is 5.96. The van der Waals surface area contributed by atoms with Crippen molar-refractivity contribution >= 4 is 23.6 Å². The number of likely N-dealkylation sites (tertiary alicyclic amines) is 1. The van der Waals surface area contributed by atoms with Gasteiger partial charge in [-0.1, -0.05) is 0 Å². The summed E-state index contributed by atoms with van der Waals surface area (Å²) >= 11 is 0. The van der Waals surface area contributed by atoms with Crippen molar-refractivity contribution in [1.82, 2.24) is 30.1 Å². The average Bonchev–Trinajstić information content (AvgIpc) is 3.56. The van der Waals surface area contributed by atoms with Gasteiger partial charge in [-0.25, -0.2) is 9.97 Å². The summed E-state index contributed by atoms with van der Waals surface area (Å²) in [5.41, 5.74) is 2.48. The lowest BCUT2D eigenvalue weighted by molar-refractivity contribution is -0.129. The Bertz CT molecular complexity index is 1560. The second-order valence-corrected chi connectivity index (χ2v) is 9.79. The van der Waals surface area contributed by atoms with E-state index in [-0.39, 0.29) is 29.7 Å². The molecule has 0 saturated carbocycles. The molecule has 13 heteroatoms. The SMILES string of the molecule is COc1nc(Nc2nccc(-c3ccc(OC4CCN(C(=O)C5=COCN5)CC4)c(C#N)c3)n2)ccc1C(=O)N(C)C. The summed E-state index contributed by atoms with van der Waals surface area (Å²) in [6.45, 7) is 1.41. The molecule has 2 N–H and O–H groups in total. The molecule has 1 aromatic carbocycles. The van der Waals surface area contributed by atoms with Gasteiger partial charge in [0.15, 0.2) is 6.73 Å². The van der Waals surface area contributed by atoms with Crippen LogP contribution in [0.15, 0.2) is 54.6 Å². The van der Waals surface area contributed by atoms with Crippen LogP contribution >= 0.6 is 0 Å². The van der Waals surface area contributed by atoms with Crippen molar-refractivity contribution in [3.63, 3.8) is 0 Å². The number of hydrogen-bond donors (Lipinski definition) is 2. The number of carbonyl (C=O) groups is 2. The zero-order chi connectivity index (χ0) is 29.6.